The molecular formula is C22H26N4O2S. The van der Waals surface area contributed by atoms with Crippen LogP contribution < -0.4 is 10.6 Å². The molecule has 3 fully saturated rings. The lowest BCUT2D eigenvalue weighted by molar-refractivity contribution is -0.114. The molecule has 7 heteroatoms. The van der Waals surface area contributed by atoms with Gasteiger partial charge in [0.2, 0.25) is 5.91 Å². The largest absolute Gasteiger partial charge is 0.347 e. The van der Waals surface area contributed by atoms with Gasteiger partial charge in [-0.15, -0.1) is 0 Å². The molecule has 2 bridgehead atoms. The smallest absolute Gasteiger partial charge is 0.251 e. The maximum Gasteiger partial charge on any atom is 0.251 e. The predicted octanol–water partition coefficient (Wildman–Crippen LogP) is 3.40. The van der Waals surface area contributed by atoms with Crippen molar-refractivity contribution in [3.05, 3.63) is 48.2 Å². The Labute approximate surface area is 175 Å². The second-order valence-electron chi connectivity index (χ2n) is 7.80. The molecule has 2 N–H and O–H groups in total. The molecule has 3 aliphatic heterocycles. The number of hydrogen-bond acceptors (Lipinski definition) is 5. The van der Waals surface area contributed by atoms with Gasteiger partial charge in [0.15, 0.2) is 0 Å². The first-order valence-electron chi connectivity index (χ1n) is 10.1. The highest BCUT2D eigenvalue weighted by Gasteiger charge is 2.40. The minimum absolute atomic E-state index is 0.00785. The standard InChI is InChI=1S/C22H26N4O2S/c1-14-21(16-9-11-26(14)12-10-16)25-22(28)17-3-5-18(6-4-17)29-19-7-8-20(23-13-19)24-15(2)27/h3-8,13-14,16,21H,9-12H2,1-2H3,(H,25,28)(H,23,24,27). The molecule has 2 unspecified atom stereocenters. The van der Waals surface area contributed by atoms with E-state index in [2.05, 4.69) is 27.4 Å². The van der Waals surface area contributed by atoms with Gasteiger partial charge in [-0.2, -0.15) is 0 Å². The quantitative estimate of drug-likeness (QED) is 0.790. The Kier molecular flexibility index (Phi) is 5.87. The molecule has 2 amide bonds. The highest BCUT2D eigenvalue weighted by molar-refractivity contribution is 7.99. The highest BCUT2D eigenvalue weighted by Crippen LogP contribution is 2.32. The number of hydrogen-bond donors (Lipinski definition) is 2. The van der Waals surface area contributed by atoms with Crippen LogP contribution in [0.25, 0.3) is 0 Å². The van der Waals surface area contributed by atoms with Gasteiger partial charge >= 0.3 is 0 Å². The van der Waals surface area contributed by atoms with Crippen molar-refractivity contribution in [3.63, 3.8) is 0 Å². The molecule has 2 atom stereocenters. The van der Waals surface area contributed by atoms with Crippen LogP contribution in [0.1, 0.15) is 37.0 Å². The minimum atomic E-state index is -0.139. The molecule has 0 radical (unpaired) electrons. The third-order valence-electron chi connectivity index (χ3n) is 5.87. The van der Waals surface area contributed by atoms with E-state index in [1.165, 1.54) is 19.8 Å². The third-order valence-corrected chi connectivity index (χ3v) is 6.85. The molecule has 1 aromatic heterocycles. The summed E-state index contributed by atoms with van der Waals surface area (Å²) in [6.07, 6.45) is 4.09. The lowest BCUT2D eigenvalue weighted by Gasteiger charge is -2.49. The number of amides is 2. The SMILES string of the molecule is CC(=O)Nc1ccc(Sc2ccc(C(=O)NC3C4CCN(CC4)C3C)cc2)cn1. The van der Waals surface area contributed by atoms with Crippen LogP contribution in [0, 0.1) is 5.92 Å². The Morgan fingerprint density at radius 3 is 2.34 bits per heavy atom. The van der Waals surface area contributed by atoms with Crippen LogP contribution in [0.15, 0.2) is 52.4 Å². The average Bonchev–Trinajstić information content (AvgIpc) is 2.72. The van der Waals surface area contributed by atoms with Crippen molar-refractivity contribution in [2.75, 3.05) is 18.4 Å². The lowest BCUT2D eigenvalue weighted by atomic mass is 9.79. The first-order valence-corrected chi connectivity index (χ1v) is 10.9. The summed E-state index contributed by atoms with van der Waals surface area (Å²) < 4.78 is 0. The van der Waals surface area contributed by atoms with Crippen molar-refractivity contribution >= 4 is 29.4 Å². The fourth-order valence-electron chi connectivity index (χ4n) is 4.29. The Bertz CT molecular complexity index is 875. The Balaban J connectivity index is 1.36. The summed E-state index contributed by atoms with van der Waals surface area (Å²) in [7, 11) is 0. The van der Waals surface area contributed by atoms with E-state index in [0.29, 0.717) is 23.3 Å². The number of anilines is 1. The van der Waals surface area contributed by atoms with Gasteiger partial charge in [-0.25, -0.2) is 4.98 Å². The number of piperidine rings is 3. The van der Waals surface area contributed by atoms with E-state index in [1.807, 2.05) is 30.3 Å². The Morgan fingerprint density at radius 1 is 1.07 bits per heavy atom. The van der Waals surface area contributed by atoms with Crippen LogP contribution >= 0.6 is 11.8 Å². The van der Waals surface area contributed by atoms with E-state index in [9.17, 15) is 9.59 Å². The second-order valence-corrected chi connectivity index (χ2v) is 8.95. The van der Waals surface area contributed by atoms with Gasteiger partial charge in [0.05, 0.1) is 0 Å². The Hall–Kier alpha value is -2.38. The molecule has 3 aliphatic rings. The molecule has 0 saturated carbocycles. The molecule has 29 heavy (non-hydrogen) atoms. The number of rotatable bonds is 5. The van der Waals surface area contributed by atoms with Gasteiger partial charge in [-0.3, -0.25) is 14.5 Å². The molecule has 0 spiro atoms. The molecule has 0 aliphatic carbocycles. The maximum absolute atomic E-state index is 12.7. The minimum Gasteiger partial charge on any atom is -0.347 e. The Morgan fingerprint density at radius 2 is 1.76 bits per heavy atom. The summed E-state index contributed by atoms with van der Waals surface area (Å²) in [6.45, 7) is 6.00. The normalized spacial score (nSPS) is 25.4. The molecule has 1 aromatic carbocycles. The van der Waals surface area contributed by atoms with Crippen LogP contribution in [-0.4, -0.2) is 46.9 Å². The number of aromatic nitrogens is 1. The van der Waals surface area contributed by atoms with E-state index < -0.39 is 0 Å². The van der Waals surface area contributed by atoms with Crippen LogP contribution in [0.2, 0.25) is 0 Å². The van der Waals surface area contributed by atoms with Gasteiger partial charge in [0, 0.05) is 40.6 Å². The van der Waals surface area contributed by atoms with Crippen molar-refractivity contribution in [1.82, 2.24) is 15.2 Å². The molecule has 3 saturated heterocycles. The fraction of sp³-hybridized carbons (Fsp3) is 0.409. The molecule has 6 nitrogen and oxygen atoms in total. The van der Waals surface area contributed by atoms with Crippen molar-refractivity contribution in [2.45, 2.75) is 48.6 Å². The summed E-state index contributed by atoms with van der Waals surface area (Å²) in [6, 6.07) is 12.0. The van der Waals surface area contributed by atoms with Crippen molar-refractivity contribution in [3.8, 4) is 0 Å². The molecule has 2 aromatic rings. The number of nitrogens with one attached hydrogen (secondary N) is 2. The zero-order valence-corrected chi connectivity index (χ0v) is 17.5. The van der Waals surface area contributed by atoms with Crippen molar-refractivity contribution in [1.29, 1.82) is 0 Å². The highest BCUT2D eigenvalue weighted by atomic mass is 32.2. The van der Waals surface area contributed by atoms with Crippen molar-refractivity contribution in [2.24, 2.45) is 5.92 Å². The third kappa shape index (κ3) is 4.62. The summed E-state index contributed by atoms with van der Waals surface area (Å²) in [5, 5.41) is 5.93. The average molecular weight is 411 g/mol. The summed E-state index contributed by atoms with van der Waals surface area (Å²) >= 11 is 1.57. The zero-order valence-electron chi connectivity index (χ0n) is 16.7. The van der Waals surface area contributed by atoms with E-state index >= 15 is 0 Å². The number of nitrogens with zero attached hydrogens (tertiary/aromatic N) is 2. The predicted molar refractivity (Wildman–Crippen MR) is 114 cm³/mol. The van der Waals surface area contributed by atoms with Gasteiger partial charge in [-0.1, -0.05) is 11.8 Å². The summed E-state index contributed by atoms with van der Waals surface area (Å²) in [4.78, 5) is 32.5. The first-order chi connectivity index (χ1) is 14.0. The monoisotopic (exact) mass is 410 g/mol. The molecule has 5 rings (SSSR count). The van der Waals surface area contributed by atoms with Crippen molar-refractivity contribution < 1.29 is 9.59 Å². The number of pyridine rings is 1. The maximum atomic E-state index is 12.7. The zero-order chi connectivity index (χ0) is 20.4. The van der Waals surface area contributed by atoms with Gasteiger partial charge in [0.25, 0.3) is 5.91 Å². The first kappa shape index (κ1) is 19.9. The topological polar surface area (TPSA) is 74.3 Å². The number of benzene rings is 1. The van der Waals surface area contributed by atoms with E-state index in [0.717, 1.165) is 22.9 Å². The second kappa shape index (κ2) is 8.55. The van der Waals surface area contributed by atoms with Gasteiger partial charge < -0.3 is 10.6 Å². The van der Waals surface area contributed by atoms with Crippen LogP contribution in [0.4, 0.5) is 5.82 Å². The van der Waals surface area contributed by atoms with Crippen LogP contribution in [-0.2, 0) is 4.79 Å². The fourth-order valence-corrected chi connectivity index (χ4v) is 5.07. The van der Waals surface area contributed by atoms with E-state index in [1.54, 1.807) is 24.0 Å². The van der Waals surface area contributed by atoms with E-state index in [4.69, 9.17) is 0 Å². The van der Waals surface area contributed by atoms with Crippen LogP contribution in [0.5, 0.6) is 0 Å². The molecule has 152 valence electrons. The number of carbonyl (C=O) groups is 2. The van der Waals surface area contributed by atoms with Gasteiger partial charge in [0.1, 0.15) is 5.82 Å². The lowest BCUT2D eigenvalue weighted by Crippen LogP contribution is -2.62. The number of carbonyl (C=O) groups excluding carboxylic acids is 2. The molecular weight excluding hydrogens is 384 g/mol. The summed E-state index contributed by atoms with van der Waals surface area (Å²) in [5.41, 5.74) is 0.692. The summed E-state index contributed by atoms with van der Waals surface area (Å²) in [5.74, 6) is 1.01. The molecule has 4 heterocycles. The number of fused-ring (bicyclic) bond motifs is 3. The van der Waals surface area contributed by atoms with Crippen LogP contribution in [0.3, 0.4) is 0 Å². The van der Waals surface area contributed by atoms with Gasteiger partial charge in [-0.05, 0) is 75.2 Å². The van der Waals surface area contributed by atoms with E-state index in [-0.39, 0.29) is 17.9 Å².